The molecule has 0 bridgehead atoms. The van der Waals surface area contributed by atoms with Gasteiger partial charge < -0.3 is 14.1 Å². The lowest BCUT2D eigenvalue weighted by molar-refractivity contribution is 0.0360. The fraction of sp³-hybridized carbons (Fsp3) is 0.812. The van der Waals surface area contributed by atoms with Gasteiger partial charge in [0.05, 0.1) is 13.2 Å². The third-order valence-corrected chi connectivity index (χ3v) is 9.31. The first-order valence-electron chi connectivity index (χ1n) is 7.75. The van der Waals surface area contributed by atoms with E-state index < -0.39 is 8.32 Å². The van der Waals surface area contributed by atoms with E-state index in [-0.39, 0.29) is 23.3 Å². The fourth-order valence-electron chi connectivity index (χ4n) is 2.46. The first kappa shape index (κ1) is 18.2. The Bertz CT molecular complexity index is 376. The van der Waals surface area contributed by atoms with Crippen LogP contribution in [-0.2, 0) is 9.16 Å². The number of nitrogens with zero attached hydrogens (tertiary/aromatic N) is 1. The zero-order valence-corrected chi connectivity index (χ0v) is 15.4. The van der Waals surface area contributed by atoms with Gasteiger partial charge in [-0.15, -0.1) is 6.58 Å². The summed E-state index contributed by atoms with van der Waals surface area (Å²) < 4.78 is 11.4. The van der Waals surface area contributed by atoms with Gasteiger partial charge in [-0.2, -0.15) is 0 Å². The Hall–Kier alpha value is -0.813. The summed E-state index contributed by atoms with van der Waals surface area (Å²) in [4.78, 5) is 13.8. The van der Waals surface area contributed by atoms with Crippen LogP contribution in [0.2, 0.25) is 18.1 Å². The number of amides is 1. The second-order valence-corrected chi connectivity index (χ2v) is 12.1. The van der Waals surface area contributed by atoms with Crippen LogP contribution in [0.5, 0.6) is 0 Å². The van der Waals surface area contributed by atoms with Crippen molar-refractivity contribution in [3.63, 3.8) is 0 Å². The topological polar surface area (TPSA) is 38.8 Å². The fourth-order valence-corrected chi connectivity index (χ4v) is 3.84. The van der Waals surface area contributed by atoms with E-state index in [0.29, 0.717) is 6.54 Å². The van der Waals surface area contributed by atoms with Crippen molar-refractivity contribution in [3.05, 3.63) is 12.7 Å². The molecular weight excluding hydrogens is 282 g/mol. The zero-order chi connectivity index (χ0) is 16.3. The van der Waals surface area contributed by atoms with Gasteiger partial charge in [-0.05, 0) is 37.4 Å². The van der Waals surface area contributed by atoms with Crippen molar-refractivity contribution >= 4 is 14.4 Å². The number of likely N-dealkylation sites (tertiary alicyclic amines) is 1. The molecule has 0 aromatic rings. The molecule has 1 saturated heterocycles. The summed E-state index contributed by atoms with van der Waals surface area (Å²) >= 11 is 0. The van der Waals surface area contributed by atoms with Crippen LogP contribution in [0.3, 0.4) is 0 Å². The Morgan fingerprint density at radius 1 is 1.38 bits per heavy atom. The molecule has 0 aliphatic carbocycles. The molecule has 4 nitrogen and oxygen atoms in total. The molecular formula is C16H31NO3Si. The van der Waals surface area contributed by atoms with Crippen molar-refractivity contribution in [2.24, 2.45) is 0 Å². The van der Waals surface area contributed by atoms with E-state index in [1.165, 1.54) is 7.11 Å². The highest BCUT2D eigenvalue weighted by molar-refractivity contribution is 6.74. The molecule has 0 aromatic carbocycles. The molecule has 5 heteroatoms. The maximum Gasteiger partial charge on any atom is 0.409 e. The zero-order valence-electron chi connectivity index (χ0n) is 14.4. The molecule has 21 heavy (non-hydrogen) atoms. The van der Waals surface area contributed by atoms with Gasteiger partial charge in [0.25, 0.3) is 0 Å². The second-order valence-electron chi connectivity index (χ2n) is 7.38. The van der Waals surface area contributed by atoms with Crippen LogP contribution in [0.25, 0.3) is 0 Å². The minimum absolute atomic E-state index is 0.117. The monoisotopic (exact) mass is 313 g/mol. The number of carbonyl (C=O) groups excluding carboxylic acids is 1. The van der Waals surface area contributed by atoms with Crippen molar-refractivity contribution < 1.29 is 14.0 Å². The van der Waals surface area contributed by atoms with Crippen LogP contribution in [0.4, 0.5) is 4.79 Å². The minimum atomic E-state index is -1.81. The van der Waals surface area contributed by atoms with E-state index in [9.17, 15) is 4.79 Å². The average molecular weight is 314 g/mol. The first-order chi connectivity index (χ1) is 9.62. The summed E-state index contributed by atoms with van der Waals surface area (Å²) in [6.45, 7) is 15.6. The van der Waals surface area contributed by atoms with Gasteiger partial charge in [-0.3, -0.25) is 0 Å². The van der Waals surface area contributed by atoms with Crippen LogP contribution < -0.4 is 0 Å². The van der Waals surface area contributed by atoms with E-state index in [0.717, 1.165) is 19.3 Å². The van der Waals surface area contributed by atoms with Gasteiger partial charge in [0.1, 0.15) is 0 Å². The molecule has 122 valence electrons. The van der Waals surface area contributed by atoms with E-state index in [2.05, 4.69) is 40.4 Å². The lowest BCUT2D eigenvalue weighted by Gasteiger charge is -2.44. The normalized spacial score (nSPS) is 23.8. The van der Waals surface area contributed by atoms with Gasteiger partial charge in [0, 0.05) is 12.6 Å². The molecule has 2 atom stereocenters. The van der Waals surface area contributed by atoms with E-state index >= 15 is 0 Å². The summed E-state index contributed by atoms with van der Waals surface area (Å²) in [7, 11) is -0.370. The third kappa shape index (κ3) is 4.58. The predicted octanol–water partition coefficient (Wildman–Crippen LogP) is 4.18. The van der Waals surface area contributed by atoms with Gasteiger partial charge in [-0.25, -0.2) is 4.79 Å². The number of rotatable bonds is 4. The van der Waals surface area contributed by atoms with Gasteiger partial charge in [0.2, 0.25) is 0 Å². The first-order valence-corrected chi connectivity index (χ1v) is 10.7. The number of ether oxygens (including phenoxy) is 1. The van der Waals surface area contributed by atoms with E-state index in [1.54, 1.807) is 0 Å². The Morgan fingerprint density at radius 3 is 2.48 bits per heavy atom. The highest BCUT2D eigenvalue weighted by Gasteiger charge is 2.41. The Kier molecular flexibility index (Phi) is 6.05. The number of piperidine rings is 1. The molecule has 1 heterocycles. The standard InChI is InChI=1S/C16H31NO3Si/c1-8-9-13-10-11-14(12-17(13)15(18)19-5)20-21(6,7)16(2,3)4/h8,13-14H,1,9-12H2,2-7H3/t13-,14-/m0/s1. The molecule has 0 radical (unpaired) electrons. The van der Waals surface area contributed by atoms with Crippen molar-refractivity contribution in [1.29, 1.82) is 0 Å². The quantitative estimate of drug-likeness (QED) is 0.577. The number of hydrogen-bond acceptors (Lipinski definition) is 3. The number of hydrogen-bond donors (Lipinski definition) is 0. The van der Waals surface area contributed by atoms with Crippen LogP contribution in [0.1, 0.15) is 40.0 Å². The van der Waals surface area contributed by atoms with Crippen molar-refractivity contribution in [1.82, 2.24) is 4.90 Å². The molecule has 0 N–H and O–H groups in total. The average Bonchev–Trinajstić information content (AvgIpc) is 2.38. The largest absolute Gasteiger partial charge is 0.453 e. The van der Waals surface area contributed by atoms with Gasteiger partial charge >= 0.3 is 6.09 Å². The molecule has 1 fully saturated rings. The minimum Gasteiger partial charge on any atom is -0.453 e. The third-order valence-electron chi connectivity index (χ3n) is 4.78. The Labute approximate surface area is 130 Å². The molecule has 1 rings (SSSR count). The highest BCUT2D eigenvalue weighted by atomic mass is 28.4. The van der Waals surface area contributed by atoms with Crippen LogP contribution >= 0.6 is 0 Å². The van der Waals surface area contributed by atoms with Crippen LogP contribution in [-0.4, -0.2) is 45.1 Å². The SMILES string of the molecule is C=CC[C@H]1CC[C@H](O[Si](C)(C)C(C)(C)C)CN1C(=O)OC. The van der Waals surface area contributed by atoms with Gasteiger partial charge in [-0.1, -0.05) is 26.8 Å². The Morgan fingerprint density at radius 2 is 2.00 bits per heavy atom. The summed E-state index contributed by atoms with van der Waals surface area (Å²) in [5.74, 6) is 0. The highest BCUT2D eigenvalue weighted by Crippen LogP contribution is 2.38. The molecule has 0 saturated carbocycles. The van der Waals surface area contributed by atoms with Gasteiger partial charge in [0.15, 0.2) is 8.32 Å². The van der Waals surface area contributed by atoms with Crippen molar-refractivity contribution in [3.8, 4) is 0 Å². The smallest absolute Gasteiger partial charge is 0.409 e. The van der Waals surface area contributed by atoms with Crippen molar-refractivity contribution in [2.75, 3.05) is 13.7 Å². The van der Waals surface area contributed by atoms with E-state index in [4.69, 9.17) is 9.16 Å². The van der Waals surface area contributed by atoms with Crippen molar-refractivity contribution in [2.45, 2.75) is 70.3 Å². The second kappa shape index (κ2) is 6.96. The number of methoxy groups -OCH3 is 1. The molecule has 0 spiro atoms. The molecule has 1 aliphatic heterocycles. The summed E-state index contributed by atoms with van der Waals surface area (Å²) in [6, 6.07) is 0.189. The van der Waals surface area contributed by atoms with Crippen LogP contribution in [0.15, 0.2) is 12.7 Å². The predicted molar refractivity (Wildman–Crippen MR) is 89.0 cm³/mol. The number of carbonyl (C=O) groups is 1. The summed E-state index contributed by atoms with van der Waals surface area (Å²) in [6.07, 6.45) is 4.48. The molecule has 0 aromatic heterocycles. The van der Waals surface area contributed by atoms with E-state index in [1.807, 2.05) is 11.0 Å². The van der Waals surface area contributed by atoms with Crippen LogP contribution in [0, 0.1) is 0 Å². The summed E-state index contributed by atoms with van der Waals surface area (Å²) in [5.41, 5.74) is 0. The maximum atomic E-state index is 12.0. The molecule has 1 amide bonds. The maximum absolute atomic E-state index is 12.0. The Balaban J connectivity index is 2.76. The molecule has 1 aliphatic rings. The lowest BCUT2D eigenvalue weighted by atomic mass is 9.98. The molecule has 0 unspecified atom stereocenters. The summed E-state index contributed by atoms with van der Waals surface area (Å²) in [5, 5.41) is 0.182. The lowest BCUT2D eigenvalue weighted by Crippen LogP contribution is -2.53.